The first-order chi connectivity index (χ1) is 16.3. The minimum Gasteiger partial charge on any atom is -0.426 e. The lowest BCUT2D eigenvalue weighted by molar-refractivity contribution is -0.139. The van der Waals surface area contributed by atoms with Crippen molar-refractivity contribution in [2.75, 3.05) is 16.3 Å². The average molecular weight is 464 g/mol. The van der Waals surface area contributed by atoms with Crippen molar-refractivity contribution in [3.8, 4) is 5.75 Å². The maximum Gasteiger partial charge on any atom is 0.316 e. The summed E-state index contributed by atoms with van der Waals surface area (Å²) in [6, 6.07) is 11.9. The van der Waals surface area contributed by atoms with Crippen LogP contribution in [0.15, 0.2) is 48.5 Å². The van der Waals surface area contributed by atoms with E-state index in [0.717, 1.165) is 6.42 Å². The van der Waals surface area contributed by atoms with E-state index in [1.54, 1.807) is 18.2 Å². The number of amides is 3. The Bertz CT molecular complexity index is 1160. The third kappa shape index (κ3) is 3.97. The second-order valence-corrected chi connectivity index (χ2v) is 9.44. The summed E-state index contributed by atoms with van der Waals surface area (Å²) in [5.41, 5.74) is 0.906. The molecule has 2 heterocycles. The van der Waals surface area contributed by atoms with Crippen LogP contribution in [0.25, 0.3) is 0 Å². The van der Waals surface area contributed by atoms with E-state index in [1.807, 2.05) is 0 Å². The number of hydrogen-bond donors (Lipinski definition) is 0. The summed E-state index contributed by atoms with van der Waals surface area (Å²) in [7, 11) is 0. The zero-order chi connectivity index (χ0) is 24.0. The van der Waals surface area contributed by atoms with Crippen molar-refractivity contribution in [2.45, 2.75) is 32.6 Å². The van der Waals surface area contributed by atoms with Gasteiger partial charge in [0.25, 0.3) is 0 Å². The molecule has 3 amide bonds. The highest BCUT2D eigenvalue weighted by Crippen LogP contribution is 2.42. The lowest BCUT2D eigenvalue weighted by Crippen LogP contribution is -2.31. The molecule has 34 heavy (non-hydrogen) atoms. The maximum atomic E-state index is 13.2. The number of carbonyl (C=O) groups excluding carboxylic acids is 4. The van der Waals surface area contributed by atoms with Crippen LogP contribution in [-0.4, -0.2) is 30.2 Å². The molecule has 4 atom stereocenters. The molecule has 0 unspecified atom stereocenters. The Hall–Kier alpha value is -3.55. The minimum absolute atomic E-state index is 0.0134. The van der Waals surface area contributed by atoms with Crippen molar-refractivity contribution in [1.82, 2.24) is 0 Å². The van der Waals surface area contributed by atoms with Crippen molar-refractivity contribution in [3.63, 3.8) is 0 Å². The molecule has 0 spiro atoms. The number of rotatable bonds is 4. The number of halogens is 1. The predicted molar refractivity (Wildman–Crippen MR) is 121 cm³/mol. The number of benzene rings is 2. The smallest absolute Gasteiger partial charge is 0.316 e. The lowest BCUT2D eigenvalue weighted by atomic mass is 9.76. The number of carbonyl (C=O) groups is 4. The third-order valence-electron chi connectivity index (χ3n) is 7.08. The zero-order valence-electron chi connectivity index (χ0n) is 18.8. The number of esters is 1. The van der Waals surface area contributed by atoms with E-state index in [-0.39, 0.29) is 48.3 Å². The van der Waals surface area contributed by atoms with Crippen LogP contribution in [0.3, 0.4) is 0 Å². The number of fused-ring (bicyclic) bond motifs is 1. The molecule has 0 N–H and O–H groups in total. The van der Waals surface area contributed by atoms with Gasteiger partial charge in [-0.05, 0) is 61.6 Å². The first-order valence-electron chi connectivity index (χ1n) is 11.6. The highest BCUT2D eigenvalue weighted by molar-refractivity contribution is 6.22. The van der Waals surface area contributed by atoms with Gasteiger partial charge in [-0.15, -0.1) is 0 Å². The van der Waals surface area contributed by atoms with Gasteiger partial charge in [-0.25, -0.2) is 9.29 Å². The summed E-state index contributed by atoms with van der Waals surface area (Å²) >= 11 is 0. The van der Waals surface area contributed by atoms with E-state index in [9.17, 15) is 23.6 Å². The molecule has 3 aliphatic rings. The van der Waals surface area contributed by atoms with Gasteiger partial charge in [0.1, 0.15) is 11.6 Å². The van der Waals surface area contributed by atoms with E-state index in [4.69, 9.17) is 4.74 Å². The number of anilines is 2. The quantitative estimate of drug-likeness (QED) is 0.391. The summed E-state index contributed by atoms with van der Waals surface area (Å²) in [6.45, 7) is 2.23. The van der Waals surface area contributed by atoms with Crippen molar-refractivity contribution >= 4 is 35.1 Å². The van der Waals surface area contributed by atoms with Crippen LogP contribution in [0, 0.1) is 29.5 Å². The first-order valence-corrected chi connectivity index (χ1v) is 11.6. The van der Waals surface area contributed by atoms with Gasteiger partial charge < -0.3 is 9.64 Å². The normalized spacial score (nSPS) is 26.7. The molecule has 8 heteroatoms. The van der Waals surface area contributed by atoms with Crippen molar-refractivity contribution < 1.29 is 28.3 Å². The van der Waals surface area contributed by atoms with Gasteiger partial charge in [-0.2, -0.15) is 0 Å². The molecule has 176 valence electrons. The molecule has 2 saturated heterocycles. The van der Waals surface area contributed by atoms with Crippen LogP contribution in [0.5, 0.6) is 5.75 Å². The van der Waals surface area contributed by atoms with Crippen molar-refractivity contribution in [3.05, 3.63) is 54.3 Å². The number of nitrogens with zero attached hydrogens (tertiary/aromatic N) is 2. The summed E-state index contributed by atoms with van der Waals surface area (Å²) in [4.78, 5) is 53.8. The molecule has 1 saturated carbocycles. The van der Waals surface area contributed by atoms with Crippen LogP contribution < -0.4 is 14.5 Å². The topological polar surface area (TPSA) is 84.0 Å². The third-order valence-corrected chi connectivity index (χ3v) is 7.08. The Morgan fingerprint density at radius 1 is 0.971 bits per heavy atom. The number of hydrogen-bond acceptors (Lipinski definition) is 5. The summed E-state index contributed by atoms with van der Waals surface area (Å²) in [6.07, 6.45) is 2.34. The van der Waals surface area contributed by atoms with Gasteiger partial charge in [0.15, 0.2) is 0 Å². The molecular weight excluding hydrogens is 439 g/mol. The fraction of sp³-hybridized carbons (Fsp3) is 0.385. The van der Waals surface area contributed by atoms with Gasteiger partial charge in [0, 0.05) is 24.7 Å². The monoisotopic (exact) mass is 464 g/mol. The lowest BCUT2D eigenvalue weighted by Gasteiger charge is -2.25. The Kier molecular flexibility index (Phi) is 5.67. The zero-order valence-corrected chi connectivity index (χ0v) is 18.8. The van der Waals surface area contributed by atoms with E-state index < -0.39 is 17.7 Å². The highest BCUT2D eigenvalue weighted by Gasteiger charge is 2.50. The van der Waals surface area contributed by atoms with Crippen LogP contribution in [0.1, 0.15) is 32.6 Å². The van der Waals surface area contributed by atoms with Crippen molar-refractivity contribution in [1.29, 1.82) is 0 Å². The second kappa shape index (κ2) is 8.66. The van der Waals surface area contributed by atoms with Gasteiger partial charge in [0.2, 0.25) is 17.7 Å². The standard InChI is InChI=1S/C26H25FN2O5/c1-15-5-10-21-22(11-15)25(32)29(24(21)31)19-3-2-4-20(13-19)34-26(33)16-12-23(30)28(14-16)18-8-6-17(27)7-9-18/h2-4,6-9,13,15-16,21-22H,5,10-12,14H2,1H3/t15-,16-,21+,22+/m1/s1. The largest absolute Gasteiger partial charge is 0.426 e. The van der Waals surface area contributed by atoms with Gasteiger partial charge >= 0.3 is 5.97 Å². The first kappa shape index (κ1) is 22.3. The Morgan fingerprint density at radius 3 is 2.47 bits per heavy atom. The molecule has 3 fully saturated rings. The fourth-order valence-electron chi connectivity index (χ4n) is 5.27. The predicted octanol–water partition coefficient (Wildman–Crippen LogP) is 3.71. The van der Waals surface area contributed by atoms with Crippen LogP contribution >= 0.6 is 0 Å². The maximum absolute atomic E-state index is 13.2. The average Bonchev–Trinajstić information content (AvgIpc) is 3.32. The Balaban J connectivity index is 1.28. The molecule has 2 aromatic carbocycles. The molecule has 1 aliphatic carbocycles. The van der Waals surface area contributed by atoms with E-state index >= 15 is 0 Å². The molecule has 2 aliphatic heterocycles. The van der Waals surface area contributed by atoms with Crippen LogP contribution in [0.2, 0.25) is 0 Å². The second-order valence-electron chi connectivity index (χ2n) is 9.44. The molecule has 0 aromatic heterocycles. The molecule has 0 radical (unpaired) electrons. The van der Waals surface area contributed by atoms with Crippen LogP contribution in [-0.2, 0) is 19.2 Å². The van der Waals surface area contributed by atoms with Crippen molar-refractivity contribution in [2.24, 2.45) is 23.7 Å². The number of imide groups is 1. The van der Waals surface area contributed by atoms with Gasteiger partial charge in [-0.1, -0.05) is 13.0 Å². The van der Waals surface area contributed by atoms with E-state index in [1.165, 1.54) is 40.1 Å². The minimum atomic E-state index is -0.680. The van der Waals surface area contributed by atoms with Gasteiger partial charge in [-0.3, -0.25) is 19.2 Å². The summed E-state index contributed by atoms with van der Waals surface area (Å²) in [5, 5.41) is 0. The summed E-state index contributed by atoms with van der Waals surface area (Å²) < 4.78 is 18.7. The van der Waals surface area contributed by atoms with Gasteiger partial charge in [0.05, 0.1) is 23.4 Å². The Morgan fingerprint density at radius 2 is 1.71 bits per heavy atom. The molecule has 0 bridgehead atoms. The SMILES string of the molecule is C[C@@H]1CC[C@@H]2C(=O)N(c3cccc(OC(=O)[C@@H]4CC(=O)N(c5ccc(F)cc5)C4)c3)C(=O)[C@H]2C1. The number of ether oxygens (including phenoxy) is 1. The molecular formula is C26H25FN2O5. The molecule has 7 nitrogen and oxygen atoms in total. The summed E-state index contributed by atoms with van der Waals surface area (Å²) in [5.74, 6) is -2.24. The fourth-order valence-corrected chi connectivity index (χ4v) is 5.27. The molecule has 5 rings (SSSR count). The van der Waals surface area contributed by atoms with Crippen LogP contribution in [0.4, 0.5) is 15.8 Å². The molecule has 2 aromatic rings. The Labute approximate surface area is 196 Å². The van der Waals surface area contributed by atoms with E-state index in [0.29, 0.717) is 30.1 Å². The highest BCUT2D eigenvalue weighted by atomic mass is 19.1. The van der Waals surface area contributed by atoms with E-state index in [2.05, 4.69) is 6.92 Å².